The fourth-order valence-corrected chi connectivity index (χ4v) is 3.40. The summed E-state index contributed by atoms with van der Waals surface area (Å²) < 4.78 is 8.93. The molecule has 0 aliphatic carbocycles. The Kier molecular flexibility index (Phi) is 5.03. The number of anilines is 2. The van der Waals surface area contributed by atoms with E-state index in [1.54, 1.807) is 28.0 Å². The molecule has 1 N–H and O–H groups in total. The van der Waals surface area contributed by atoms with Gasteiger partial charge in [-0.1, -0.05) is 11.6 Å². The van der Waals surface area contributed by atoms with Gasteiger partial charge in [-0.25, -0.2) is 14.3 Å². The van der Waals surface area contributed by atoms with Gasteiger partial charge in [-0.2, -0.15) is 10.1 Å². The van der Waals surface area contributed by atoms with E-state index in [1.165, 1.54) is 0 Å². The van der Waals surface area contributed by atoms with Crippen LogP contribution in [0.3, 0.4) is 0 Å². The van der Waals surface area contributed by atoms with Gasteiger partial charge in [0.05, 0.1) is 17.9 Å². The summed E-state index contributed by atoms with van der Waals surface area (Å²) in [6.45, 7) is 6.90. The Balaban J connectivity index is 1.37. The highest BCUT2D eigenvalue weighted by Gasteiger charge is 2.27. The molecular weight excluding hydrogens is 396 g/mol. The van der Waals surface area contributed by atoms with Gasteiger partial charge in [-0.3, -0.25) is 4.68 Å². The minimum Gasteiger partial charge on any atom is -0.444 e. The first-order valence-electron chi connectivity index (χ1n) is 9.44. The second-order valence-electron chi connectivity index (χ2n) is 7.95. The highest BCUT2D eigenvalue weighted by Crippen LogP contribution is 2.25. The summed E-state index contributed by atoms with van der Waals surface area (Å²) in [5.74, 6) is 0.416. The van der Waals surface area contributed by atoms with E-state index in [1.807, 2.05) is 31.6 Å². The zero-order chi connectivity index (χ0) is 20.6. The topological polar surface area (TPSA) is 102 Å². The van der Waals surface area contributed by atoms with E-state index in [0.717, 1.165) is 18.5 Å². The zero-order valence-electron chi connectivity index (χ0n) is 16.5. The van der Waals surface area contributed by atoms with Gasteiger partial charge in [0.15, 0.2) is 10.8 Å². The summed E-state index contributed by atoms with van der Waals surface area (Å²) in [6.07, 6.45) is 8.26. The largest absolute Gasteiger partial charge is 0.444 e. The molecule has 0 radical (unpaired) electrons. The molecule has 1 aliphatic heterocycles. The predicted octanol–water partition coefficient (Wildman–Crippen LogP) is 3.29. The molecule has 0 unspecified atom stereocenters. The standard InChI is InChI=1S/C18H23ClN8O2/c1-18(2,3)29-17(28)25-7-4-13(5-8-25)27-11-12(10-21-27)22-16-23-15-14(19)20-6-9-26(15)24-16/h6,9-11,13H,4-5,7-8H2,1-3H3,(H,22,24). The minimum atomic E-state index is -0.483. The number of likely N-dealkylation sites (tertiary alicyclic amines) is 1. The van der Waals surface area contributed by atoms with Crippen molar-refractivity contribution < 1.29 is 9.53 Å². The lowest BCUT2D eigenvalue weighted by Crippen LogP contribution is -2.42. The molecule has 29 heavy (non-hydrogen) atoms. The van der Waals surface area contributed by atoms with E-state index in [9.17, 15) is 4.79 Å². The lowest BCUT2D eigenvalue weighted by atomic mass is 10.1. The number of rotatable bonds is 3. The van der Waals surface area contributed by atoms with Gasteiger partial charge < -0.3 is 15.0 Å². The van der Waals surface area contributed by atoms with Crippen LogP contribution in [0.25, 0.3) is 5.65 Å². The lowest BCUT2D eigenvalue weighted by molar-refractivity contribution is 0.0185. The molecule has 0 aromatic carbocycles. The third-order valence-corrected chi connectivity index (χ3v) is 4.83. The van der Waals surface area contributed by atoms with E-state index in [4.69, 9.17) is 16.3 Å². The van der Waals surface area contributed by atoms with E-state index in [2.05, 4.69) is 25.5 Å². The summed E-state index contributed by atoms with van der Waals surface area (Å²) in [5, 5.41) is 12.2. The Morgan fingerprint density at radius 1 is 1.31 bits per heavy atom. The molecule has 0 bridgehead atoms. The number of amides is 1. The molecule has 0 spiro atoms. The van der Waals surface area contributed by atoms with Gasteiger partial charge in [0.25, 0.3) is 0 Å². The molecule has 1 amide bonds. The van der Waals surface area contributed by atoms with E-state index in [0.29, 0.717) is 29.8 Å². The molecule has 4 heterocycles. The Bertz CT molecular complexity index is 1020. The van der Waals surface area contributed by atoms with Crippen molar-refractivity contribution >= 4 is 35.0 Å². The predicted molar refractivity (Wildman–Crippen MR) is 107 cm³/mol. The Labute approximate surface area is 172 Å². The molecule has 1 saturated heterocycles. The number of piperidine rings is 1. The molecular formula is C18H23ClN8O2. The third kappa shape index (κ3) is 4.42. The van der Waals surface area contributed by atoms with Crippen LogP contribution in [0.2, 0.25) is 5.15 Å². The fourth-order valence-electron chi connectivity index (χ4n) is 3.21. The van der Waals surface area contributed by atoms with Crippen molar-refractivity contribution in [3.63, 3.8) is 0 Å². The highest BCUT2D eigenvalue weighted by molar-refractivity contribution is 6.32. The van der Waals surface area contributed by atoms with Crippen molar-refractivity contribution in [3.05, 3.63) is 29.9 Å². The number of ether oxygens (including phenoxy) is 1. The van der Waals surface area contributed by atoms with Crippen molar-refractivity contribution in [2.45, 2.75) is 45.3 Å². The van der Waals surface area contributed by atoms with E-state index < -0.39 is 5.60 Å². The third-order valence-electron chi connectivity index (χ3n) is 4.56. The van der Waals surface area contributed by atoms with E-state index >= 15 is 0 Å². The molecule has 3 aromatic rings. The Morgan fingerprint density at radius 3 is 2.76 bits per heavy atom. The molecule has 1 fully saturated rings. The van der Waals surface area contributed by atoms with Gasteiger partial charge >= 0.3 is 6.09 Å². The van der Waals surface area contributed by atoms with Crippen LogP contribution in [-0.4, -0.2) is 59.0 Å². The number of nitrogens with zero attached hydrogens (tertiary/aromatic N) is 7. The fraction of sp³-hybridized carbons (Fsp3) is 0.500. The number of halogens is 1. The number of hydrogen-bond acceptors (Lipinski definition) is 7. The smallest absolute Gasteiger partial charge is 0.410 e. The molecule has 11 heteroatoms. The summed E-state index contributed by atoms with van der Waals surface area (Å²) in [6, 6.07) is 0.219. The number of carbonyl (C=O) groups excluding carboxylic acids is 1. The first-order chi connectivity index (χ1) is 13.8. The average Bonchev–Trinajstić information content (AvgIpc) is 3.28. The number of fused-ring (bicyclic) bond motifs is 1. The normalized spacial score (nSPS) is 15.7. The second-order valence-corrected chi connectivity index (χ2v) is 8.31. The maximum atomic E-state index is 12.2. The van der Waals surface area contributed by atoms with Crippen molar-refractivity contribution in [2.24, 2.45) is 0 Å². The second kappa shape index (κ2) is 7.51. The highest BCUT2D eigenvalue weighted by atomic mass is 35.5. The quantitative estimate of drug-likeness (QED) is 0.696. The molecule has 0 atom stereocenters. The van der Waals surface area contributed by atoms with Gasteiger partial charge in [0.2, 0.25) is 5.95 Å². The number of carbonyl (C=O) groups is 1. The van der Waals surface area contributed by atoms with Crippen LogP contribution in [0.5, 0.6) is 0 Å². The number of hydrogen-bond donors (Lipinski definition) is 1. The molecule has 154 valence electrons. The summed E-state index contributed by atoms with van der Waals surface area (Å²) >= 11 is 6.03. The average molecular weight is 419 g/mol. The molecule has 4 rings (SSSR count). The van der Waals surface area contributed by atoms with Crippen molar-refractivity contribution in [1.29, 1.82) is 0 Å². The summed E-state index contributed by atoms with van der Waals surface area (Å²) in [7, 11) is 0. The van der Waals surface area contributed by atoms with Crippen molar-refractivity contribution in [3.8, 4) is 0 Å². The van der Waals surface area contributed by atoms with E-state index in [-0.39, 0.29) is 12.1 Å². The number of nitrogens with one attached hydrogen (secondary N) is 1. The maximum Gasteiger partial charge on any atom is 0.410 e. The van der Waals surface area contributed by atoms with Crippen LogP contribution in [0, 0.1) is 0 Å². The monoisotopic (exact) mass is 418 g/mol. The SMILES string of the molecule is CC(C)(C)OC(=O)N1CCC(n2cc(Nc3nc4c(Cl)nccn4n3)cn2)CC1. The Morgan fingerprint density at radius 2 is 2.07 bits per heavy atom. The Hall–Kier alpha value is -2.88. The molecule has 10 nitrogen and oxygen atoms in total. The maximum absolute atomic E-state index is 12.2. The summed E-state index contributed by atoms with van der Waals surface area (Å²) in [5.41, 5.74) is 0.779. The van der Waals surface area contributed by atoms with Crippen molar-refractivity contribution in [1.82, 2.24) is 34.3 Å². The van der Waals surface area contributed by atoms with Crippen LogP contribution < -0.4 is 5.32 Å². The summed E-state index contributed by atoms with van der Waals surface area (Å²) in [4.78, 5) is 22.3. The first kappa shape index (κ1) is 19.4. The molecule has 0 saturated carbocycles. The van der Waals surface area contributed by atoms with Crippen LogP contribution in [0.1, 0.15) is 39.7 Å². The van der Waals surface area contributed by atoms with Gasteiger partial charge in [-0.05, 0) is 33.6 Å². The number of aromatic nitrogens is 6. The molecule has 3 aromatic heterocycles. The minimum absolute atomic E-state index is 0.219. The van der Waals surface area contributed by atoms with Gasteiger partial charge in [0.1, 0.15) is 5.60 Å². The molecule has 1 aliphatic rings. The van der Waals surface area contributed by atoms with Crippen LogP contribution >= 0.6 is 11.6 Å². The van der Waals surface area contributed by atoms with Crippen LogP contribution in [0.15, 0.2) is 24.8 Å². The van der Waals surface area contributed by atoms with Crippen molar-refractivity contribution in [2.75, 3.05) is 18.4 Å². The zero-order valence-corrected chi connectivity index (χ0v) is 17.3. The van der Waals surface area contributed by atoms with Crippen LogP contribution in [0.4, 0.5) is 16.4 Å². The lowest BCUT2D eigenvalue weighted by Gasteiger charge is -2.33. The first-order valence-corrected chi connectivity index (χ1v) is 9.82. The van der Waals surface area contributed by atoms with Gasteiger partial charge in [-0.15, -0.1) is 5.10 Å². The van der Waals surface area contributed by atoms with Crippen LogP contribution in [-0.2, 0) is 4.74 Å². The van der Waals surface area contributed by atoms with Gasteiger partial charge in [0, 0.05) is 31.7 Å².